The number of Topliss-reactive ketones (excluding diaryl/α,β-unsaturated/α-hetero) is 1. The molecule has 0 amide bonds. The zero-order valence-corrected chi connectivity index (χ0v) is 14.4. The smallest absolute Gasteiger partial charge is 0.184 e. The maximum Gasteiger partial charge on any atom is 0.184 e. The van der Waals surface area contributed by atoms with Crippen LogP contribution in [0.3, 0.4) is 0 Å². The Bertz CT molecular complexity index is 1050. The lowest BCUT2D eigenvalue weighted by Gasteiger charge is -2.16. The summed E-state index contributed by atoms with van der Waals surface area (Å²) in [6.45, 7) is 0.414. The number of carbonyl (C=O) groups is 1. The quantitative estimate of drug-likeness (QED) is 0.770. The van der Waals surface area contributed by atoms with E-state index in [9.17, 15) is 9.18 Å². The summed E-state index contributed by atoms with van der Waals surface area (Å²) in [4.78, 5) is 20.5. The van der Waals surface area contributed by atoms with Crippen molar-refractivity contribution in [3.63, 3.8) is 0 Å². The third-order valence-electron chi connectivity index (χ3n) is 4.33. The van der Waals surface area contributed by atoms with Crippen molar-refractivity contribution < 1.29 is 13.9 Å². The summed E-state index contributed by atoms with van der Waals surface area (Å²) in [5.74, 6) is 0.708. The van der Waals surface area contributed by atoms with Crippen LogP contribution < -0.4 is 10.5 Å². The molecule has 0 aliphatic carbocycles. The summed E-state index contributed by atoms with van der Waals surface area (Å²) in [5.41, 5.74) is 9.59. The lowest BCUT2D eigenvalue weighted by molar-refractivity contribution is 0.1000. The number of nitrogens with two attached hydrogens (primary N) is 1. The van der Waals surface area contributed by atoms with Crippen molar-refractivity contribution in [3.8, 4) is 22.6 Å². The molecule has 0 atom stereocenters. The number of rotatable bonds is 4. The zero-order chi connectivity index (χ0) is 18.8. The molecule has 1 aromatic heterocycles. The van der Waals surface area contributed by atoms with Crippen LogP contribution in [0.25, 0.3) is 11.1 Å². The Morgan fingerprint density at radius 1 is 0.963 bits per heavy atom. The monoisotopic (exact) mass is 361 g/mol. The number of fused-ring (bicyclic) bond motifs is 1. The number of hydrogen-bond donors (Lipinski definition) is 1. The van der Waals surface area contributed by atoms with Crippen LogP contribution in [0.15, 0.2) is 65.9 Å². The van der Waals surface area contributed by atoms with Gasteiger partial charge in [0.2, 0.25) is 0 Å². The van der Waals surface area contributed by atoms with Crippen LogP contribution in [-0.2, 0) is 0 Å². The average molecular weight is 361 g/mol. The van der Waals surface area contributed by atoms with Gasteiger partial charge in [0.25, 0.3) is 0 Å². The standard InChI is InChI=1S/C21H16FN3O2/c22-15-2-4-16(5-3-15)27-17-7-14(10-24-11-17)13-1-6-18-19(8-13)20(9-23)25-12-21(18)26/h1-8,10-11H,9,12,23H2. The molecule has 0 unspecified atom stereocenters. The first kappa shape index (κ1) is 17.1. The lowest BCUT2D eigenvalue weighted by Crippen LogP contribution is -2.24. The van der Waals surface area contributed by atoms with Gasteiger partial charge in [0.1, 0.15) is 23.9 Å². The number of aliphatic imine (C=N–C) groups is 1. The van der Waals surface area contributed by atoms with Crippen LogP contribution in [0.2, 0.25) is 0 Å². The van der Waals surface area contributed by atoms with E-state index in [1.54, 1.807) is 30.6 Å². The Kier molecular flexibility index (Phi) is 4.48. The molecule has 6 heteroatoms. The summed E-state index contributed by atoms with van der Waals surface area (Å²) >= 11 is 0. The molecule has 1 aliphatic rings. The molecule has 3 aromatic rings. The van der Waals surface area contributed by atoms with Crippen LogP contribution >= 0.6 is 0 Å². The Hall–Kier alpha value is -3.38. The van der Waals surface area contributed by atoms with Gasteiger partial charge < -0.3 is 10.5 Å². The molecule has 2 N–H and O–H groups in total. The minimum absolute atomic E-state index is 0.0136. The molecule has 2 heterocycles. The first-order chi connectivity index (χ1) is 13.1. The van der Waals surface area contributed by atoms with Crippen LogP contribution in [0.1, 0.15) is 15.9 Å². The molecule has 0 bridgehead atoms. The van der Waals surface area contributed by atoms with Crippen LogP contribution in [0.5, 0.6) is 11.5 Å². The number of pyridine rings is 1. The SMILES string of the molecule is NCC1=NCC(=O)c2ccc(-c3cncc(Oc4ccc(F)cc4)c3)cc21. The van der Waals surface area contributed by atoms with Crippen molar-refractivity contribution in [1.82, 2.24) is 4.98 Å². The van der Waals surface area contributed by atoms with Gasteiger partial charge in [-0.15, -0.1) is 0 Å². The number of benzene rings is 2. The van der Waals surface area contributed by atoms with E-state index < -0.39 is 0 Å². The number of ketones is 1. The summed E-state index contributed by atoms with van der Waals surface area (Å²) < 4.78 is 18.8. The summed E-state index contributed by atoms with van der Waals surface area (Å²) in [7, 11) is 0. The van der Waals surface area contributed by atoms with E-state index in [0.29, 0.717) is 17.1 Å². The highest BCUT2D eigenvalue weighted by Gasteiger charge is 2.20. The second-order valence-electron chi connectivity index (χ2n) is 6.12. The summed E-state index contributed by atoms with van der Waals surface area (Å²) in [6.07, 6.45) is 3.30. The molecular formula is C21H16FN3O2. The van der Waals surface area contributed by atoms with Crippen molar-refractivity contribution in [3.05, 3.63) is 77.9 Å². The molecule has 2 aromatic carbocycles. The number of nitrogens with zero attached hydrogens (tertiary/aromatic N) is 2. The Balaban J connectivity index is 1.67. The van der Waals surface area contributed by atoms with Gasteiger partial charge in [-0.05, 0) is 42.0 Å². The predicted molar refractivity (Wildman–Crippen MR) is 101 cm³/mol. The molecule has 27 heavy (non-hydrogen) atoms. The Labute approximate surface area is 155 Å². The maximum absolute atomic E-state index is 13.0. The molecule has 1 aliphatic heterocycles. The number of carbonyl (C=O) groups excluding carboxylic acids is 1. The summed E-state index contributed by atoms with van der Waals surface area (Å²) in [5, 5.41) is 0. The number of aromatic nitrogens is 1. The topological polar surface area (TPSA) is 77.6 Å². The highest BCUT2D eigenvalue weighted by atomic mass is 19.1. The predicted octanol–water partition coefficient (Wildman–Crippen LogP) is 3.62. The number of hydrogen-bond acceptors (Lipinski definition) is 5. The third-order valence-corrected chi connectivity index (χ3v) is 4.33. The molecule has 134 valence electrons. The number of ether oxygens (including phenoxy) is 1. The molecule has 0 saturated heterocycles. The Morgan fingerprint density at radius 3 is 2.56 bits per heavy atom. The van der Waals surface area contributed by atoms with Gasteiger partial charge in [-0.2, -0.15) is 0 Å². The van der Waals surface area contributed by atoms with Crippen LogP contribution in [-0.4, -0.2) is 29.6 Å². The fourth-order valence-electron chi connectivity index (χ4n) is 2.99. The highest BCUT2D eigenvalue weighted by molar-refractivity contribution is 6.16. The van der Waals surface area contributed by atoms with Gasteiger partial charge in [0.05, 0.1) is 11.9 Å². The van der Waals surface area contributed by atoms with Crippen LogP contribution in [0.4, 0.5) is 4.39 Å². The fourth-order valence-corrected chi connectivity index (χ4v) is 2.99. The van der Waals surface area contributed by atoms with E-state index >= 15 is 0 Å². The number of halogens is 1. The van der Waals surface area contributed by atoms with Crippen molar-refractivity contribution in [2.75, 3.05) is 13.1 Å². The van der Waals surface area contributed by atoms with E-state index in [0.717, 1.165) is 22.4 Å². The first-order valence-electron chi connectivity index (χ1n) is 8.44. The average Bonchev–Trinajstić information content (AvgIpc) is 2.70. The molecule has 4 rings (SSSR count). The van der Waals surface area contributed by atoms with Gasteiger partial charge in [-0.3, -0.25) is 14.8 Å². The molecule has 0 spiro atoms. The zero-order valence-electron chi connectivity index (χ0n) is 14.4. The van der Waals surface area contributed by atoms with Crippen molar-refractivity contribution >= 4 is 11.5 Å². The molecule has 0 saturated carbocycles. The van der Waals surface area contributed by atoms with Gasteiger partial charge in [0, 0.05) is 29.4 Å². The maximum atomic E-state index is 13.0. The molecule has 0 fully saturated rings. The van der Waals surface area contributed by atoms with Gasteiger partial charge in [-0.1, -0.05) is 12.1 Å². The normalized spacial score (nSPS) is 13.1. The molecular weight excluding hydrogens is 345 g/mol. The van der Waals surface area contributed by atoms with Crippen LogP contribution in [0, 0.1) is 5.82 Å². The van der Waals surface area contributed by atoms with Crippen molar-refractivity contribution in [1.29, 1.82) is 0 Å². The van der Waals surface area contributed by atoms with Gasteiger partial charge in [0.15, 0.2) is 5.78 Å². The third kappa shape index (κ3) is 3.47. The van der Waals surface area contributed by atoms with Crippen molar-refractivity contribution in [2.45, 2.75) is 0 Å². The summed E-state index contributed by atoms with van der Waals surface area (Å²) in [6, 6.07) is 13.2. The second-order valence-corrected chi connectivity index (χ2v) is 6.12. The lowest BCUT2D eigenvalue weighted by atomic mass is 9.93. The minimum Gasteiger partial charge on any atom is -0.456 e. The second kappa shape index (κ2) is 7.09. The van der Waals surface area contributed by atoms with Gasteiger partial charge in [-0.25, -0.2) is 4.39 Å². The fraction of sp³-hybridized carbons (Fsp3) is 0.0952. The van der Waals surface area contributed by atoms with E-state index in [1.165, 1.54) is 12.1 Å². The van der Waals surface area contributed by atoms with Gasteiger partial charge >= 0.3 is 0 Å². The highest BCUT2D eigenvalue weighted by Crippen LogP contribution is 2.29. The largest absolute Gasteiger partial charge is 0.456 e. The van der Waals surface area contributed by atoms with E-state index in [4.69, 9.17) is 10.5 Å². The van der Waals surface area contributed by atoms with E-state index in [1.807, 2.05) is 18.2 Å². The van der Waals surface area contributed by atoms with E-state index in [-0.39, 0.29) is 24.7 Å². The first-order valence-corrected chi connectivity index (χ1v) is 8.44. The Morgan fingerprint density at radius 2 is 1.78 bits per heavy atom. The minimum atomic E-state index is -0.324. The van der Waals surface area contributed by atoms with Crippen molar-refractivity contribution in [2.24, 2.45) is 10.7 Å². The van der Waals surface area contributed by atoms with E-state index in [2.05, 4.69) is 9.98 Å². The molecule has 0 radical (unpaired) electrons. The molecule has 5 nitrogen and oxygen atoms in total.